The van der Waals surface area contributed by atoms with Crippen molar-refractivity contribution in [3.8, 4) is 0 Å². The van der Waals surface area contributed by atoms with Crippen LogP contribution in [0.5, 0.6) is 0 Å². The minimum absolute atomic E-state index is 0.0388. The maximum atomic E-state index is 8.51. The SMILES string of the molecule is Cc1cc(Cl)c(NCCOCCO)cc1Cl. The van der Waals surface area contributed by atoms with Crippen molar-refractivity contribution in [3.05, 3.63) is 27.7 Å². The molecule has 0 spiro atoms. The topological polar surface area (TPSA) is 41.5 Å². The molecule has 0 unspecified atom stereocenters. The van der Waals surface area contributed by atoms with E-state index in [1.807, 2.05) is 13.0 Å². The lowest BCUT2D eigenvalue weighted by molar-refractivity contribution is 0.0992. The number of nitrogens with one attached hydrogen (secondary N) is 1. The van der Waals surface area contributed by atoms with Gasteiger partial charge in [0, 0.05) is 11.6 Å². The number of aryl methyl sites for hydroxylation is 1. The van der Waals surface area contributed by atoms with Crippen molar-refractivity contribution in [3.63, 3.8) is 0 Å². The molecule has 3 nitrogen and oxygen atoms in total. The summed E-state index contributed by atoms with van der Waals surface area (Å²) in [4.78, 5) is 0. The molecule has 1 aromatic rings. The molecule has 16 heavy (non-hydrogen) atoms. The molecule has 2 N–H and O–H groups in total. The molecule has 0 heterocycles. The number of anilines is 1. The summed E-state index contributed by atoms with van der Waals surface area (Å²) >= 11 is 12.0. The molecule has 0 aliphatic carbocycles. The van der Waals surface area contributed by atoms with Crippen LogP contribution in [-0.4, -0.2) is 31.5 Å². The molecule has 0 radical (unpaired) electrons. The first kappa shape index (κ1) is 13.6. The van der Waals surface area contributed by atoms with E-state index in [9.17, 15) is 0 Å². The van der Waals surface area contributed by atoms with Crippen molar-refractivity contribution in [1.82, 2.24) is 0 Å². The van der Waals surface area contributed by atoms with Gasteiger partial charge in [0.15, 0.2) is 0 Å². The van der Waals surface area contributed by atoms with Crippen molar-refractivity contribution >= 4 is 28.9 Å². The van der Waals surface area contributed by atoms with Crippen LogP contribution < -0.4 is 5.32 Å². The molecule has 1 aromatic carbocycles. The Morgan fingerprint density at radius 2 is 2.00 bits per heavy atom. The third-order valence-electron chi connectivity index (χ3n) is 2.05. The van der Waals surface area contributed by atoms with E-state index >= 15 is 0 Å². The summed E-state index contributed by atoms with van der Waals surface area (Å²) in [6, 6.07) is 3.62. The molecule has 0 aliphatic rings. The van der Waals surface area contributed by atoms with E-state index in [0.29, 0.717) is 29.8 Å². The minimum atomic E-state index is 0.0388. The molecule has 5 heteroatoms. The Labute approximate surface area is 105 Å². The van der Waals surface area contributed by atoms with E-state index in [1.54, 1.807) is 6.07 Å². The van der Waals surface area contributed by atoms with Crippen LogP contribution in [0.3, 0.4) is 0 Å². The molecule has 0 fully saturated rings. The zero-order chi connectivity index (χ0) is 12.0. The summed E-state index contributed by atoms with van der Waals surface area (Å²) in [5.41, 5.74) is 1.75. The summed E-state index contributed by atoms with van der Waals surface area (Å²) in [5, 5.41) is 13.0. The predicted octanol–water partition coefficient (Wildman–Crippen LogP) is 2.72. The van der Waals surface area contributed by atoms with Gasteiger partial charge in [-0.1, -0.05) is 23.2 Å². The van der Waals surface area contributed by atoms with Crippen molar-refractivity contribution in [2.24, 2.45) is 0 Å². The smallest absolute Gasteiger partial charge is 0.0698 e. The molecular weight excluding hydrogens is 249 g/mol. The summed E-state index contributed by atoms with van der Waals surface area (Å²) in [6.07, 6.45) is 0. The van der Waals surface area contributed by atoms with Gasteiger partial charge in [-0.25, -0.2) is 0 Å². The largest absolute Gasteiger partial charge is 0.394 e. The first-order valence-electron chi connectivity index (χ1n) is 5.03. The second-order valence-electron chi connectivity index (χ2n) is 3.34. The van der Waals surface area contributed by atoms with Crippen LogP contribution in [0.2, 0.25) is 10.0 Å². The Morgan fingerprint density at radius 1 is 1.25 bits per heavy atom. The number of rotatable bonds is 6. The van der Waals surface area contributed by atoms with Gasteiger partial charge in [0.25, 0.3) is 0 Å². The van der Waals surface area contributed by atoms with Gasteiger partial charge >= 0.3 is 0 Å². The van der Waals surface area contributed by atoms with E-state index in [0.717, 1.165) is 11.3 Å². The summed E-state index contributed by atoms with van der Waals surface area (Å²) in [5.74, 6) is 0. The Kier molecular flexibility index (Phi) is 5.91. The van der Waals surface area contributed by atoms with Gasteiger partial charge in [-0.2, -0.15) is 0 Å². The second-order valence-corrected chi connectivity index (χ2v) is 4.16. The number of halogens is 2. The van der Waals surface area contributed by atoms with Gasteiger partial charge in [-0.3, -0.25) is 0 Å². The van der Waals surface area contributed by atoms with Crippen LogP contribution in [0.25, 0.3) is 0 Å². The zero-order valence-electron chi connectivity index (χ0n) is 9.09. The fourth-order valence-corrected chi connectivity index (χ4v) is 1.65. The van der Waals surface area contributed by atoms with Gasteiger partial charge in [0.2, 0.25) is 0 Å². The third kappa shape index (κ3) is 4.18. The molecule has 0 saturated heterocycles. The van der Waals surface area contributed by atoms with Crippen LogP contribution in [0, 0.1) is 6.92 Å². The Morgan fingerprint density at radius 3 is 2.69 bits per heavy atom. The van der Waals surface area contributed by atoms with E-state index < -0.39 is 0 Å². The molecule has 90 valence electrons. The maximum absolute atomic E-state index is 8.51. The quantitative estimate of drug-likeness (QED) is 0.776. The second kappa shape index (κ2) is 6.97. The van der Waals surface area contributed by atoms with Crippen LogP contribution in [0.4, 0.5) is 5.69 Å². The minimum Gasteiger partial charge on any atom is -0.394 e. The molecule has 0 bridgehead atoms. The fraction of sp³-hybridized carbons (Fsp3) is 0.455. The highest BCUT2D eigenvalue weighted by Crippen LogP contribution is 2.28. The lowest BCUT2D eigenvalue weighted by Gasteiger charge is -2.10. The van der Waals surface area contributed by atoms with Crippen LogP contribution in [0.15, 0.2) is 12.1 Å². The van der Waals surface area contributed by atoms with Crippen LogP contribution in [-0.2, 0) is 4.74 Å². The Hall–Kier alpha value is -0.480. The van der Waals surface area contributed by atoms with Crippen molar-refractivity contribution in [2.45, 2.75) is 6.92 Å². The van der Waals surface area contributed by atoms with Crippen LogP contribution in [0.1, 0.15) is 5.56 Å². The Balaban J connectivity index is 2.45. The molecule has 0 atom stereocenters. The average molecular weight is 264 g/mol. The molecule has 1 rings (SSSR count). The zero-order valence-corrected chi connectivity index (χ0v) is 10.6. The summed E-state index contributed by atoms with van der Waals surface area (Å²) < 4.78 is 5.11. The van der Waals surface area contributed by atoms with E-state index in [2.05, 4.69) is 5.32 Å². The number of hydrogen-bond donors (Lipinski definition) is 2. The lowest BCUT2D eigenvalue weighted by atomic mass is 10.2. The fourth-order valence-electron chi connectivity index (χ4n) is 1.21. The first-order chi connectivity index (χ1) is 7.65. The highest BCUT2D eigenvalue weighted by Gasteiger charge is 2.03. The first-order valence-corrected chi connectivity index (χ1v) is 5.79. The standard InChI is InChI=1S/C11H15Cl2NO2/c1-8-6-10(13)11(7-9(8)12)14-2-4-16-5-3-15/h6-7,14-15H,2-5H2,1H3. The van der Waals surface area contributed by atoms with Crippen molar-refractivity contribution in [1.29, 1.82) is 0 Å². The molecule has 0 aromatic heterocycles. The van der Waals surface area contributed by atoms with E-state index in [1.165, 1.54) is 0 Å². The van der Waals surface area contributed by atoms with E-state index in [4.69, 9.17) is 33.0 Å². The third-order valence-corrected chi connectivity index (χ3v) is 2.77. The number of aliphatic hydroxyl groups is 1. The molecule has 0 amide bonds. The number of ether oxygens (including phenoxy) is 1. The number of aliphatic hydroxyl groups excluding tert-OH is 1. The number of hydrogen-bond acceptors (Lipinski definition) is 3. The van der Waals surface area contributed by atoms with Gasteiger partial charge in [0.05, 0.1) is 30.5 Å². The van der Waals surface area contributed by atoms with Gasteiger partial charge in [0.1, 0.15) is 0 Å². The highest BCUT2D eigenvalue weighted by atomic mass is 35.5. The van der Waals surface area contributed by atoms with Crippen molar-refractivity contribution < 1.29 is 9.84 Å². The Bertz CT molecular complexity index is 345. The summed E-state index contributed by atoms with van der Waals surface area (Å²) in [6.45, 7) is 3.44. The van der Waals surface area contributed by atoms with Gasteiger partial charge in [-0.15, -0.1) is 0 Å². The van der Waals surface area contributed by atoms with Crippen molar-refractivity contribution in [2.75, 3.05) is 31.7 Å². The van der Waals surface area contributed by atoms with Gasteiger partial charge < -0.3 is 15.2 Å². The van der Waals surface area contributed by atoms with Gasteiger partial charge in [-0.05, 0) is 24.6 Å². The average Bonchev–Trinajstić information content (AvgIpc) is 2.25. The number of benzene rings is 1. The van der Waals surface area contributed by atoms with E-state index in [-0.39, 0.29) is 6.61 Å². The lowest BCUT2D eigenvalue weighted by Crippen LogP contribution is -2.11. The normalized spacial score (nSPS) is 10.5. The maximum Gasteiger partial charge on any atom is 0.0698 e. The van der Waals surface area contributed by atoms with Crippen LogP contribution >= 0.6 is 23.2 Å². The monoisotopic (exact) mass is 263 g/mol. The predicted molar refractivity (Wildman–Crippen MR) is 67.6 cm³/mol. The highest BCUT2D eigenvalue weighted by molar-refractivity contribution is 6.35. The molecule has 0 saturated carbocycles. The molecular formula is C11H15Cl2NO2. The summed E-state index contributed by atoms with van der Waals surface area (Å²) in [7, 11) is 0. The molecule has 0 aliphatic heterocycles.